The van der Waals surface area contributed by atoms with Gasteiger partial charge in [-0.1, -0.05) is 28.1 Å². The highest BCUT2D eigenvalue weighted by atomic mass is 79.9. The predicted octanol–water partition coefficient (Wildman–Crippen LogP) is 4.30. The number of halogens is 2. The second kappa shape index (κ2) is 7.22. The van der Waals surface area contributed by atoms with E-state index in [1.165, 1.54) is 12.1 Å². The van der Waals surface area contributed by atoms with Gasteiger partial charge in [0.15, 0.2) is 6.04 Å². The molecule has 0 spiro atoms. The molecule has 2 aromatic carbocycles. The Kier molecular flexibility index (Phi) is 5.33. The lowest BCUT2D eigenvalue weighted by Crippen LogP contribution is -2.23. The fourth-order valence-electron chi connectivity index (χ4n) is 1.90. The Hall–Kier alpha value is -1.88. The summed E-state index contributed by atoms with van der Waals surface area (Å²) in [5, 5.41) is 3.07. The van der Waals surface area contributed by atoms with Crippen LogP contribution >= 0.6 is 15.9 Å². The number of hydrogen-bond donors (Lipinski definition) is 1. The summed E-state index contributed by atoms with van der Waals surface area (Å²) in [6, 6.07) is 12.6. The molecule has 2 aromatic rings. The van der Waals surface area contributed by atoms with E-state index in [-0.39, 0.29) is 11.8 Å². The maximum absolute atomic E-state index is 13.0. The van der Waals surface area contributed by atoms with Crippen LogP contribution in [-0.2, 0) is 9.53 Å². The number of esters is 1. The van der Waals surface area contributed by atoms with Crippen molar-refractivity contribution in [2.24, 2.45) is 0 Å². The summed E-state index contributed by atoms with van der Waals surface area (Å²) in [4.78, 5) is 12.2. The molecule has 1 atom stereocenters. The van der Waals surface area contributed by atoms with Crippen molar-refractivity contribution in [1.29, 1.82) is 0 Å². The van der Waals surface area contributed by atoms with Crippen molar-refractivity contribution < 1.29 is 13.9 Å². The van der Waals surface area contributed by atoms with Crippen molar-refractivity contribution in [2.45, 2.75) is 13.0 Å². The predicted molar refractivity (Wildman–Crippen MR) is 83.5 cm³/mol. The minimum atomic E-state index is -0.645. The summed E-state index contributed by atoms with van der Waals surface area (Å²) >= 11 is 3.38. The van der Waals surface area contributed by atoms with Crippen LogP contribution in [0.4, 0.5) is 10.1 Å². The SMILES string of the molecule is CCOC(=O)C(Nc1ccc(F)cc1)c1cccc(Br)c1. The highest BCUT2D eigenvalue weighted by Crippen LogP contribution is 2.24. The number of anilines is 1. The molecule has 0 radical (unpaired) electrons. The van der Waals surface area contributed by atoms with Crippen molar-refractivity contribution in [3.8, 4) is 0 Å². The molecule has 2 rings (SSSR count). The van der Waals surface area contributed by atoms with Gasteiger partial charge in [0, 0.05) is 10.2 Å². The van der Waals surface area contributed by atoms with E-state index in [4.69, 9.17) is 4.74 Å². The van der Waals surface area contributed by atoms with Crippen LogP contribution in [-0.4, -0.2) is 12.6 Å². The topological polar surface area (TPSA) is 38.3 Å². The van der Waals surface area contributed by atoms with Crippen LogP contribution in [0.5, 0.6) is 0 Å². The lowest BCUT2D eigenvalue weighted by Gasteiger charge is -2.19. The third-order valence-corrected chi connectivity index (χ3v) is 3.35. The number of rotatable bonds is 5. The highest BCUT2D eigenvalue weighted by Gasteiger charge is 2.22. The standard InChI is InChI=1S/C16H15BrFNO2/c1-2-21-16(20)15(11-4-3-5-12(17)10-11)19-14-8-6-13(18)7-9-14/h3-10,15,19H,2H2,1H3. The molecule has 1 unspecified atom stereocenters. The first kappa shape index (κ1) is 15.5. The number of benzene rings is 2. The van der Waals surface area contributed by atoms with E-state index >= 15 is 0 Å². The lowest BCUT2D eigenvalue weighted by molar-refractivity contribution is -0.144. The van der Waals surface area contributed by atoms with Gasteiger partial charge in [-0.05, 0) is 48.9 Å². The van der Waals surface area contributed by atoms with Crippen LogP contribution in [0, 0.1) is 5.82 Å². The highest BCUT2D eigenvalue weighted by molar-refractivity contribution is 9.10. The van der Waals surface area contributed by atoms with E-state index in [9.17, 15) is 9.18 Å². The van der Waals surface area contributed by atoms with E-state index in [2.05, 4.69) is 21.2 Å². The van der Waals surface area contributed by atoms with Crippen LogP contribution in [0.1, 0.15) is 18.5 Å². The molecule has 0 aliphatic heterocycles. The molecule has 0 aromatic heterocycles. The van der Waals surface area contributed by atoms with E-state index in [0.717, 1.165) is 10.0 Å². The smallest absolute Gasteiger partial charge is 0.333 e. The van der Waals surface area contributed by atoms with Crippen LogP contribution in [0.2, 0.25) is 0 Å². The van der Waals surface area contributed by atoms with Gasteiger partial charge in [-0.2, -0.15) is 0 Å². The molecule has 0 saturated heterocycles. The zero-order chi connectivity index (χ0) is 15.2. The minimum absolute atomic E-state index is 0.300. The molecule has 1 N–H and O–H groups in total. The molecule has 5 heteroatoms. The minimum Gasteiger partial charge on any atom is -0.464 e. The number of carbonyl (C=O) groups excluding carboxylic acids is 1. The van der Waals surface area contributed by atoms with Gasteiger partial charge in [-0.3, -0.25) is 0 Å². The van der Waals surface area contributed by atoms with Crippen molar-refractivity contribution in [3.63, 3.8) is 0 Å². The maximum atomic E-state index is 13.0. The zero-order valence-electron chi connectivity index (χ0n) is 11.5. The van der Waals surface area contributed by atoms with Crippen LogP contribution in [0.3, 0.4) is 0 Å². The first-order chi connectivity index (χ1) is 10.1. The Morgan fingerprint density at radius 1 is 1.29 bits per heavy atom. The van der Waals surface area contributed by atoms with Crippen LogP contribution in [0.25, 0.3) is 0 Å². The van der Waals surface area contributed by atoms with Crippen molar-refractivity contribution in [3.05, 3.63) is 64.4 Å². The average Bonchev–Trinajstić information content (AvgIpc) is 2.47. The first-order valence-electron chi connectivity index (χ1n) is 6.54. The Balaban J connectivity index is 2.27. The molecular formula is C16H15BrFNO2. The molecule has 0 aliphatic carbocycles. The van der Waals surface area contributed by atoms with Gasteiger partial charge in [-0.25, -0.2) is 9.18 Å². The van der Waals surface area contributed by atoms with Crippen molar-refractivity contribution in [2.75, 3.05) is 11.9 Å². The van der Waals surface area contributed by atoms with Gasteiger partial charge in [0.25, 0.3) is 0 Å². The zero-order valence-corrected chi connectivity index (χ0v) is 13.1. The Labute approximate surface area is 131 Å². The van der Waals surface area contributed by atoms with Gasteiger partial charge in [0.05, 0.1) is 6.61 Å². The lowest BCUT2D eigenvalue weighted by atomic mass is 10.1. The quantitative estimate of drug-likeness (QED) is 0.816. The number of hydrogen-bond acceptors (Lipinski definition) is 3. The number of ether oxygens (including phenoxy) is 1. The molecule has 0 saturated carbocycles. The first-order valence-corrected chi connectivity index (χ1v) is 7.33. The Bertz CT molecular complexity index is 616. The molecule has 3 nitrogen and oxygen atoms in total. The van der Waals surface area contributed by atoms with Crippen LogP contribution < -0.4 is 5.32 Å². The number of nitrogens with one attached hydrogen (secondary N) is 1. The molecule has 0 bridgehead atoms. The second-order valence-electron chi connectivity index (χ2n) is 4.39. The van der Waals surface area contributed by atoms with Crippen molar-refractivity contribution >= 4 is 27.6 Å². The van der Waals surface area contributed by atoms with Gasteiger partial charge < -0.3 is 10.1 Å². The van der Waals surface area contributed by atoms with Gasteiger partial charge in [0.1, 0.15) is 5.82 Å². The van der Waals surface area contributed by atoms with Crippen molar-refractivity contribution in [1.82, 2.24) is 0 Å². The Morgan fingerprint density at radius 2 is 2.00 bits per heavy atom. The fraction of sp³-hybridized carbons (Fsp3) is 0.188. The third-order valence-electron chi connectivity index (χ3n) is 2.86. The van der Waals surface area contributed by atoms with E-state index in [1.54, 1.807) is 19.1 Å². The second-order valence-corrected chi connectivity index (χ2v) is 5.31. The largest absolute Gasteiger partial charge is 0.464 e. The van der Waals surface area contributed by atoms with E-state index in [0.29, 0.717) is 12.3 Å². The molecule has 21 heavy (non-hydrogen) atoms. The normalized spacial score (nSPS) is 11.8. The Morgan fingerprint density at radius 3 is 2.62 bits per heavy atom. The fourth-order valence-corrected chi connectivity index (χ4v) is 2.32. The van der Waals surface area contributed by atoms with Crippen LogP contribution in [0.15, 0.2) is 53.0 Å². The van der Waals surface area contributed by atoms with E-state index in [1.807, 2.05) is 24.3 Å². The summed E-state index contributed by atoms with van der Waals surface area (Å²) < 4.78 is 18.9. The van der Waals surface area contributed by atoms with Gasteiger partial charge in [-0.15, -0.1) is 0 Å². The maximum Gasteiger partial charge on any atom is 0.333 e. The van der Waals surface area contributed by atoms with E-state index < -0.39 is 6.04 Å². The summed E-state index contributed by atoms with van der Waals surface area (Å²) in [5.41, 5.74) is 1.42. The molecular weight excluding hydrogens is 337 g/mol. The summed E-state index contributed by atoms with van der Waals surface area (Å²) in [6.45, 7) is 2.06. The average molecular weight is 352 g/mol. The molecule has 0 amide bonds. The summed E-state index contributed by atoms with van der Waals surface area (Å²) in [6.07, 6.45) is 0. The monoisotopic (exact) mass is 351 g/mol. The molecule has 0 fully saturated rings. The molecule has 0 heterocycles. The molecule has 110 valence electrons. The number of carbonyl (C=O) groups is 1. The summed E-state index contributed by atoms with van der Waals surface area (Å²) in [7, 11) is 0. The van der Waals surface area contributed by atoms with Gasteiger partial charge in [0.2, 0.25) is 0 Å². The van der Waals surface area contributed by atoms with Gasteiger partial charge >= 0.3 is 5.97 Å². The summed E-state index contributed by atoms with van der Waals surface area (Å²) in [5.74, 6) is -0.699. The molecule has 0 aliphatic rings. The third kappa shape index (κ3) is 4.29.